The maximum absolute atomic E-state index is 11.0. The number of H-pyrrole nitrogens is 2. The number of hydrogen-bond donors (Lipinski definition) is 2. The van der Waals surface area contributed by atoms with E-state index in [0.29, 0.717) is 0 Å². The molecule has 0 fully saturated rings. The number of nitrogens with one attached hydrogen (secondary N) is 2. The van der Waals surface area contributed by atoms with Gasteiger partial charge in [-0.2, -0.15) is 0 Å². The van der Waals surface area contributed by atoms with E-state index in [9.17, 15) is 4.79 Å². The fraction of sp³-hybridized carbons (Fsp3) is 0.385. The lowest BCUT2D eigenvalue weighted by atomic mass is 9.92. The van der Waals surface area contributed by atoms with E-state index in [1.807, 2.05) is 0 Å². The third-order valence-corrected chi connectivity index (χ3v) is 3.35. The van der Waals surface area contributed by atoms with Gasteiger partial charge in [-0.05, 0) is 31.2 Å². The Labute approximate surface area is 99.1 Å². The molecular weight excluding hydrogens is 214 g/mol. The van der Waals surface area contributed by atoms with Crippen molar-refractivity contribution in [1.82, 2.24) is 15.0 Å². The first kappa shape index (κ1) is 10.3. The minimum Gasteiger partial charge on any atom is -0.342 e. The summed E-state index contributed by atoms with van der Waals surface area (Å²) in [4.78, 5) is 21.7. The van der Waals surface area contributed by atoms with Gasteiger partial charge in [0.15, 0.2) is 0 Å². The van der Waals surface area contributed by atoms with E-state index in [2.05, 4.69) is 21.9 Å². The molecule has 4 heteroatoms. The van der Waals surface area contributed by atoms with Gasteiger partial charge < -0.3 is 9.97 Å². The molecule has 2 N–H and O–H groups in total. The highest BCUT2D eigenvalue weighted by molar-refractivity contribution is 5.54. The molecule has 0 aromatic carbocycles. The van der Waals surface area contributed by atoms with Crippen molar-refractivity contribution in [2.45, 2.75) is 26.2 Å². The minimum absolute atomic E-state index is 0.0845. The predicted molar refractivity (Wildman–Crippen MR) is 65.8 cm³/mol. The van der Waals surface area contributed by atoms with E-state index < -0.39 is 0 Å². The molecule has 1 atom stereocenters. The van der Waals surface area contributed by atoms with Gasteiger partial charge in [-0.25, -0.2) is 4.98 Å². The molecule has 4 nitrogen and oxygen atoms in total. The van der Waals surface area contributed by atoms with E-state index >= 15 is 0 Å². The quantitative estimate of drug-likeness (QED) is 0.784. The molecule has 1 unspecified atom stereocenters. The molecule has 2 aromatic rings. The summed E-state index contributed by atoms with van der Waals surface area (Å²) < 4.78 is 0. The number of aromatic amines is 2. The third kappa shape index (κ3) is 1.90. The van der Waals surface area contributed by atoms with Gasteiger partial charge >= 0.3 is 0 Å². The van der Waals surface area contributed by atoms with Crippen LogP contribution in [0.1, 0.15) is 24.7 Å². The number of hydrogen-bond acceptors (Lipinski definition) is 2. The lowest BCUT2D eigenvalue weighted by molar-refractivity contribution is 0.492. The van der Waals surface area contributed by atoms with Crippen LogP contribution in [0.15, 0.2) is 23.1 Å². The summed E-state index contributed by atoms with van der Waals surface area (Å²) in [5, 5.41) is 0. The van der Waals surface area contributed by atoms with Crippen molar-refractivity contribution >= 4 is 0 Å². The van der Waals surface area contributed by atoms with Crippen molar-refractivity contribution in [3.8, 4) is 11.4 Å². The predicted octanol–water partition coefficient (Wildman–Crippen LogP) is 1.89. The number of aryl methyl sites for hydroxylation is 1. The zero-order valence-electron chi connectivity index (χ0n) is 9.79. The molecule has 2 heterocycles. The molecule has 1 aliphatic rings. The second-order valence-corrected chi connectivity index (χ2v) is 4.80. The van der Waals surface area contributed by atoms with Crippen LogP contribution in [0.5, 0.6) is 0 Å². The van der Waals surface area contributed by atoms with E-state index in [1.165, 1.54) is 23.9 Å². The molecule has 0 aliphatic heterocycles. The van der Waals surface area contributed by atoms with Crippen LogP contribution in [0.2, 0.25) is 0 Å². The van der Waals surface area contributed by atoms with E-state index in [4.69, 9.17) is 0 Å². The first-order chi connectivity index (χ1) is 8.22. The van der Waals surface area contributed by atoms with Crippen molar-refractivity contribution in [3.63, 3.8) is 0 Å². The Balaban J connectivity index is 1.99. The average Bonchev–Trinajstić information content (AvgIpc) is 2.72. The maximum atomic E-state index is 11.0. The van der Waals surface area contributed by atoms with Gasteiger partial charge in [-0.15, -0.1) is 0 Å². The zero-order chi connectivity index (χ0) is 11.8. The molecule has 2 aromatic heterocycles. The Morgan fingerprint density at radius 2 is 2.29 bits per heavy atom. The van der Waals surface area contributed by atoms with Crippen LogP contribution in [0.3, 0.4) is 0 Å². The molecule has 1 aliphatic carbocycles. The van der Waals surface area contributed by atoms with Gasteiger partial charge in [0.2, 0.25) is 5.56 Å². The monoisotopic (exact) mass is 229 g/mol. The van der Waals surface area contributed by atoms with Crippen LogP contribution in [0.25, 0.3) is 11.4 Å². The average molecular weight is 229 g/mol. The molecule has 0 spiro atoms. The van der Waals surface area contributed by atoms with Crippen molar-refractivity contribution in [1.29, 1.82) is 0 Å². The van der Waals surface area contributed by atoms with Crippen LogP contribution in [0, 0.1) is 5.92 Å². The van der Waals surface area contributed by atoms with Crippen LogP contribution < -0.4 is 5.56 Å². The molecular formula is C13H15N3O. The smallest absolute Gasteiger partial charge is 0.247 e. The topological polar surface area (TPSA) is 61.5 Å². The first-order valence-corrected chi connectivity index (χ1v) is 5.99. The second-order valence-electron chi connectivity index (χ2n) is 4.80. The number of imidazole rings is 1. The molecule has 0 bridgehead atoms. The van der Waals surface area contributed by atoms with Crippen LogP contribution in [-0.2, 0) is 12.8 Å². The molecule has 3 rings (SSSR count). The SMILES string of the molecule is CC1CCc2nc(-c3ccc(=O)[nH]c3)[nH]c2C1. The fourth-order valence-electron chi connectivity index (χ4n) is 2.35. The highest BCUT2D eigenvalue weighted by Crippen LogP contribution is 2.26. The summed E-state index contributed by atoms with van der Waals surface area (Å²) >= 11 is 0. The van der Waals surface area contributed by atoms with Gasteiger partial charge in [0.1, 0.15) is 5.82 Å². The number of rotatable bonds is 1. The number of fused-ring (bicyclic) bond motifs is 1. The van der Waals surface area contributed by atoms with E-state index in [-0.39, 0.29) is 5.56 Å². The summed E-state index contributed by atoms with van der Waals surface area (Å²) in [5.41, 5.74) is 3.29. The Morgan fingerprint density at radius 3 is 3.06 bits per heavy atom. The van der Waals surface area contributed by atoms with Crippen molar-refractivity contribution < 1.29 is 0 Å². The third-order valence-electron chi connectivity index (χ3n) is 3.35. The van der Waals surface area contributed by atoms with Gasteiger partial charge in [0.25, 0.3) is 0 Å². The largest absolute Gasteiger partial charge is 0.342 e. The molecule has 0 radical (unpaired) electrons. The Kier molecular flexibility index (Phi) is 2.35. The number of aromatic nitrogens is 3. The van der Waals surface area contributed by atoms with Gasteiger partial charge in [0, 0.05) is 23.5 Å². The van der Waals surface area contributed by atoms with Gasteiger partial charge in [-0.3, -0.25) is 4.79 Å². The molecule has 17 heavy (non-hydrogen) atoms. The first-order valence-electron chi connectivity index (χ1n) is 5.99. The molecule has 88 valence electrons. The van der Waals surface area contributed by atoms with Crippen molar-refractivity contribution in [2.24, 2.45) is 5.92 Å². The fourth-order valence-corrected chi connectivity index (χ4v) is 2.35. The normalized spacial score (nSPS) is 19.0. The highest BCUT2D eigenvalue weighted by atomic mass is 16.1. The van der Waals surface area contributed by atoms with Gasteiger partial charge in [-0.1, -0.05) is 6.92 Å². The van der Waals surface area contributed by atoms with Crippen molar-refractivity contribution in [3.05, 3.63) is 40.1 Å². The Morgan fingerprint density at radius 1 is 1.41 bits per heavy atom. The number of pyridine rings is 1. The Bertz CT molecular complexity index is 576. The van der Waals surface area contributed by atoms with Crippen molar-refractivity contribution in [2.75, 3.05) is 0 Å². The lowest BCUT2D eigenvalue weighted by Gasteiger charge is -2.15. The number of nitrogens with zero attached hydrogens (tertiary/aromatic N) is 1. The lowest BCUT2D eigenvalue weighted by Crippen LogP contribution is -2.10. The van der Waals surface area contributed by atoms with Crippen LogP contribution in [-0.4, -0.2) is 15.0 Å². The summed E-state index contributed by atoms with van der Waals surface area (Å²) in [7, 11) is 0. The van der Waals surface area contributed by atoms with Crippen LogP contribution >= 0.6 is 0 Å². The Hall–Kier alpha value is -1.84. The van der Waals surface area contributed by atoms with E-state index in [0.717, 1.165) is 30.1 Å². The molecule has 0 saturated heterocycles. The maximum Gasteiger partial charge on any atom is 0.247 e. The molecule has 0 saturated carbocycles. The van der Waals surface area contributed by atoms with E-state index in [1.54, 1.807) is 12.3 Å². The summed E-state index contributed by atoms with van der Waals surface area (Å²) in [6.07, 6.45) is 5.04. The summed E-state index contributed by atoms with van der Waals surface area (Å²) in [6.45, 7) is 2.27. The zero-order valence-corrected chi connectivity index (χ0v) is 9.79. The minimum atomic E-state index is -0.0845. The summed E-state index contributed by atoms with van der Waals surface area (Å²) in [5.74, 6) is 1.59. The standard InChI is InChI=1S/C13H15N3O/c1-8-2-4-10-11(6-8)16-13(15-10)9-3-5-12(17)14-7-9/h3,5,7-8H,2,4,6H2,1H3,(H,14,17)(H,15,16). The molecule has 0 amide bonds. The van der Waals surface area contributed by atoms with Crippen LogP contribution in [0.4, 0.5) is 0 Å². The second kappa shape index (κ2) is 3.87. The highest BCUT2D eigenvalue weighted by Gasteiger charge is 2.19. The summed E-state index contributed by atoms with van der Waals surface area (Å²) in [6, 6.07) is 3.33. The van der Waals surface area contributed by atoms with Gasteiger partial charge in [0.05, 0.1) is 5.69 Å².